The smallest absolute Gasteiger partial charge is 0.340 e. The first-order chi connectivity index (χ1) is 8.95. The van der Waals surface area contributed by atoms with E-state index < -0.39 is 12.1 Å². The van der Waals surface area contributed by atoms with E-state index in [2.05, 4.69) is 4.74 Å². The summed E-state index contributed by atoms with van der Waals surface area (Å²) in [6, 6.07) is 6.70. The largest absolute Gasteiger partial charge is 0.508 e. The fraction of sp³-hybridized carbons (Fsp3) is 0.357. The zero-order valence-corrected chi connectivity index (χ0v) is 11.1. The first-order valence-corrected chi connectivity index (χ1v) is 6.05. The number of nitrogens with zero attached hydrogens (tertiary/aromatic N) is 1. The Hall–Kier alpha value is -2.01. The summed E-state index contributed by atoms with van der Waals surface area (Å²) in [5.41, 5.74) is 1.31. The predicted molar refractivity (Wildman–Crippen MR) is 71.0 cm³/mol. The summed E-state index contributed by atoms with van der Waals surface area (Å²) in [4.78, 5) is 11.5. The Bertz CT molecular complexity index is 615. The predicted octanol–water partition coefficient (Wildman–Crippen LogP) is 2.13. The van der Waals surface area contributed by atoms with Crippen LogP contribution in [0.4, 0.5) is 0 Å². The summed E-state index contributed by atoms with van der Waals surface area (Å²) in [6.07, 6.45) is -1.33. The van der Waals surface area contributed by atoms with Crippen molar-refractivity contribution in [2.45, 2.75) is 26.0 Å². The number of aromatic nitrogens is 1. The van der Waals surface area contributed by atoms with Crippen molar-refractivity contribution in [2.24, 2.45) is 0 Å². The number of hydrogen-bond donors (Lipinski definition) is 2. The zero-order chi connectivity index (χ0) is 14.2. The second-order valence-corrected chi connectivity index (χ2v) is 4.70. The number of hydrogen-bond acceptors (Lipinski definition) is 4. The molecule has 19 heavy (non-hydrogen) atoms. The lowest BCUT2D eigenvalue weighted by molar-refractivity contribution is -0.151. The van der Waals surface area contributed by atoms with Gasteiger partial charge in [0.25, 0.3) is 0 Å². The lowest BCUT2D eigenvalue weighted by Crippen LogP contribution is -2.18. The van der Waals surface area contributed by atoms with E-state index in [0.29, 0.717) is 5.69 Å². The number of methoxy groups -OCH3 is 1. The van der Waals surface area contributed by atoms with Crippen LogP contribution in [0.25, 0.3) is 10.9 Å². The number of aromatic hydroxyl groups is 1. The first kappa shape index (κ1) is 13.4. The van der Waals surface area contributed by atoms with Crippen LogP contribution in [-0.2, 0) is 9.53 Å². The summed E-state index contributed by atoms with van der Waals surface area (Å²) in [5.74, 6) is -0.554. The molecule has 0 aliphatic rings. The fourth-order valence-corrected chi connectivity index (χ4v) is 2.26. The van der Waals surface area contributed by atoms with E-state index in [1.54, 1.807) is 24.3 Å². The average molecular weight is 263 g/mol. The number of esters is 1. The molecule has 1 unspecified atom stereocenters. The number of ether oxygens (including phenoxy) is 1. The Morgan fingerprint density at radius 1 is 1.32 bits per heavy atom. The number of carbonyl (C=O) groups is 1. The molecule has 1 atom stereocenters. The van der Waals surface area contributed by atoms with Gasteiger partial charge in [-0.25, -0.2) is 4.79 Å². The Balaban J connectivity index is 2.66. The quantitative estimate of drug-likeness (QED) is 0.832. The molecule has 5 nitrogen and oxygen atoms in total. The number of phenols is 1. The van der Waals surface area contributed by atoms with Gasteiger partial charge in [-0.05, 0) is 38.1 Å². The van der Waals surface area contributed by atoms with E-state index in [9.17, 15) is 15.0 Å². The van der Waals surface area contributed by atoms with Crippen molar-refractivity contribution in [1.82, 2.24) is 4.57 Å². The van der Waals surface area contributed by atoms with Gasteiger partial charge in [0.2, 0.25) is 0 Å². The molecule has 0 saturated heterocycles. The molecule has 2 N–H and O–H groups in total. The van der Waals surface area contributed by atoms with Gasteiger partial charge < -0.3 is 19.5 Å². The molecular formula is C14H17NO4. The van der Waals surface area contributed by atoms with Crippen LogP contribution in [0.1, 0.15) is 31.7 Å². The number of fused-ring (bicyclic) bond motifs is 1. The van der Waals surface area contributed by atoms with Gasteiger partial charge in [-0.3, -0.25) is 0 Å². The minimum atomic E-state index is -1.33. The maximum atomic E-state index is 11.5. The lowest BCUT2D eigenvalue weighted by Gasteiger charge is -2.17. The van der Waals surface area contributed by atoms with Crippen LogP contribution in [0.2, 0.25) is 0 Å². The highest BCUT2D eigenvalue weighted by atomic mass is 16.5. The maximum Gasteiger partial charge on any atom is 0.340 e. The van der Waals surface area contributed by atoms with Gasteiger partial charge in [-0.2, -0.15) is 0 Å². The van der Waals surface area contributed by atoms with Crippen molar-refractivity contribution in [3.05, 3.63) is 30.0 Å². The third kappa shape index (κ3) is 2.29. The van der Waals surface area contributed by atoms with Crippen molar-refractivity contribution < 1.29 is 19.7 Å². The molecule has 1 heterocycles. The molecule has 0 bridgehead atoms. The molecule has 1 aromatic carbocycles. The molecule has 0 spiro atoms. The van der Waals surface area contributed by atoms with Crippen LogP contribution in [0, 0.1) is 0 Å². The van der Waals surface area contributed by atoms with Crippen molar-refractivity contribution >= 4 is 16.9 Å². The van der Waals surface area contributed by atoms with E-state index in [-0.39, 0.29) is 11.8 Å². The number of carbonyl (C=O) groups excluding carboxylic acids is 1. The molecule has 0 aliphatic carbocycles. The second kappa shape index (κ2) is 4.93. The van der Waals surface area contributed by atoms with Crippen LogP contribution in [0.15, 0.2) is 24.3 Å². The van der Waals surface area contributed by atoms with Crippen molar-refractivity contribution in [2.75, 3.05) is 7.11 Å². The molecule has 2 rings (SSSR count). The van der Waals surface area contributed by atoms with Crippen LogP contribution in [-0.4, -0.2) is 27.9 Å². The minimum absolute atomic E-state index is 0.0661. The van der Waals surface area contributed by atoms with E-state index in [1.807, 2.05) is 18.4 Å². The van der Waals surface area contributed by atoms with E-state index >= 15 is 0 Å². The van der Waals surface area contributed by atoms with Crippen molar-refractivity contribution in [3.63, 3.8) is 0 Å². The van der Waals surface area contributed by atoms with Crippen molar-refractivity contribution in [3.8, 4) is 5.75 Å². The van der Waals surface area contributed by atoms with Crippen LogP contribution >= 0.6 is 0 Å². The maximum absolute atomic E-state index is 11.5. The molecule has 2 aromatic rings. The molecule has 0 amide bonds. The summed E-state index contributed by atoms with van der Waals surface area (Å²) in [7, 11) is 1.24. The first-order valence-electron chi connectivity index (χ1n) is 6.05. The third-order valence-electron chi connectivity index (χ3n) is 3.07. The van der Waals surface area contributed by atoms with Gasteiger partial charge in [-0.15, -0.1) is 0 Å². The molecule has 0 fully saturated rings. The molecule has 0 aliphatic heterocycles. The van der Waals surface area contributed by atoms with E-state index in [1.165, 1.54) is 7.11 Å². The van der Waals surface area contributed by atoms with Gasteiger partial charge >= 0.3 is 5.97 Å². The Kier molecular flexibility index (Phi) is 3.48. The highest BCUT2D eigenvalue weighted by Crippen LogP contribution is 2.30. The van der Waals surface area contributed by atoms with Crippen LogP contribution in [0.5, 0.6) is 5.75 Å². The monoisotopic (exact) mass is 263 g/mol. The van der Waals surface area contributed by atoms with E-state index in [0.717, 1.165) is 10.9 Å². The number of aliphatic hydroxyl groups is 1. The Labute approximate surface area is 111 Å². The van der Waals surface area contributed by atoms with Gasteiger partial charge in [0.05, 0.1) is 12.8 Å². The summed E-state index contributed by atoms with van der Waals surface area (Å²) < 4.78 is 6.43. The summed E-state index contributed by atoms with van der Waals surface area (Å²) in [6.45, 7) is 3.92. The Morgan fingerprint density at radius 3 is 2.58 bits per heavy atom. The Morgan fingerprint density at radius 2 is 2.00 bits per heavy atom. The zero-order valence-electron chi connectivity index (χ0n) is 11.1. The van der Waals surface area contributed by atoms with E-state index in [4.69, 9.17) is 0 Å². The standard InChI is InChI=1S/C14H17NO4/c1-8(2)15-11-5-4-10(16)6-9(11)7-12(15)13(17)14(18)19-3/h4-8,13,16-17H,1-3H3. The minimum Gasteiger partial charge on any atom is -0.508 e. The summed E-state index contributed by atoms with van der Waals surface area (Å²) >= 11 is 0. The molecule has 102 valence electrons. The third-order valence-corrected chi connectivity index (χ3v) is 3.07. The van der Waals surface area contributed by atoms with Crippen LogP contribution in [0.3, 0.4) is 0 Å². The van der Waals surface area contributed by atoms with Gasteiger partial charge in [0, 0.05) is 16.9 Å². The molecular weight excluding hydrogens is 246 g/mol. The lowest BCUT2D eigenvalue weighted by atomic mass is 10.2. The number of phenolic OH excluding ortho intramolecular Hbond substituents is 1. The molecule has 0 radical (unpaired) electrons. The SMILES string of the molecule is COC(=O)C(O)c1cc2cc(O)ccc2n1C(C)C. The fourth-order valence-electron chi connectivity index (χ4n) is 2.26. The highest BCUT2D eigenvalue weighted by molar-refractivity contribution is 5.85. The normalized spacial score (nSPS) is 12.9. The number of benzene rings is 1. The summed E-state index contributed by atoms with van der Waals surface area (Å²) in [5, 5.41) is 20.3. The average Bonchev–Trinajstić information content (AvgIpc) is 2.75. The van der Waals surface area contributed by atoms with Crippen molar-refractivity contribution in [1.29, 1.82) is 0 Å². The van der Waals surface area contributed by atoms with Gasteiger partial charge in [0.1, 0.15) is 5.75 Å². The molecule has 0 saturated carbocycles. The number of aliphatic hydroxyl groups excluding tert-OH is 1. The second-order valence-electron chi connectivity index (χ2n) is 4.70. The highest BCUT2D eigenvalue weighted by Gasteiger charge is 2.24. The van der Waals surface area contributed by atoms with Gasteiger partial charge in [0.15, 0.2) is 6.10 Å². The van der Waals surface area contributed by atoms with Gasteiger partial charge in [-0.1, -0.05) is 0 Å². The molecule has 5 heteroatoms. The van der Waals surface area contributed by atoms with Crippen LogP contribution < -0.4 is 0 Å². The topological polar surface area (TPSA) is 71.7 Å². The number of rotatable bonds is 3. The molecule has 1 aromatic heterocycles.